The number of anilines is 4. The number of halogens is 3. The van der Waals surface area contributed by atoms with Gasteiger partial charge in [0.15, 0.2) is 28.5 Å². The molecule has 0 fully saturated rings. The van der Waals surface area contributed by atoms with Crippen LogP contribution in [0.3, 0.4) is 0 Å². The molecule has 6 rings (SSSR count). The molecule has 10 nitrogen and oxygen atoms in total. The summed E-state index contributed by atoms with van der Waals surface area (Å²) in [6.07, 6.45) is -1.12. The van der Waals surface area contributed by atoms with Crippen molar-refractivity contribution in [3.63, 3.8) is 0 Å². The van der Waals surface area contributed by atoms with Crippen molar-refractivity contribution in [2.75, 3.05) is 32.0 Å². The first-order valence-electron chi connectivity index (χ1n) is 13.3. The number of nitrogens with zero attached hydrogens (tertiary/aromatic N) is 5. The van der Waals surface area contributed by atoms with Crippen LogP contribution >= 0.6 is 0 Å². The molecule has 0 aliphatic carbocycles. The molecule has 0 atom stereocenters. The fraction of sp³-hybridized carbons (Fsp3) is 0.161. The number of pyridine rings is 1. The van der Waals surface area contributed by atoms with Gasteiger partial charge in [0.2, 0.25) is 11.7 Å². The molecule has 0 amide bonds. The third-order valence-corrected chi connectivity index (χ3v) is 6.88. The Labute approximate surface area is 249 Å². The summed E-state index contributed by atoms with van der Waals surface area (Å²) >= 11 is 0. The normalized spacial score (nSPS) is 11.5. The molecule has 0 bridgehead atoms. The van der Waals surface area contributed by atoms with Crippen LogP contribution in [0.5, 0.6) is 17.2 Å². The van der Waals surface area contributed by atoms with Gasteiger partial charge in [0.25, 0.3) is 0 Å². The number of hydrogen-bond acceptors (Lipinski definition) is 9. The van der Waals surface area contributed by atoms with E-state index in [1.807, 2.05) is 30.3 Å². The van der Waals surface area contributed by atoms with Crippen LogP contribution in [0.25, 0.3) is 22.1 Å². The topological polar surface area (TPSA) is 108 Å². The summed E-state index contributed by atoms with van der Waals surface area (Å²) < 4.78 is 57.5. The molecular weight excluding hydrogens is 575 g/mol. The Morgan fingerprint density at radius 3 is 2.23 bits per heavy atom. The summed E-state index contributed by atoms with van der Waals surface area (Å²) in [5, 5.41) is 7.48. The summed E-state index contributed by atoms with van der Waals surface area (Å²) in [7, 11) is 4.56. The second-order valence-corrected chi connectivity index (χ2v) is 9.71. The summed E-state index contributed by atoms with van der Waals surface area (Å²) in [6.45, 7) is 0.232. The molecule has 0 saturated heterocycles. The molecule has 3 aromatic heterocycles. The van der Waals surface area contributed by atoms with Crippen LogP contribution in [0.1, 0.15) is 11.1 Å². The van der Waals surface area contributed by atoms with Gasteiger partial charge < -0.3 is 29.4 Å². The minimum atomic E-state index is -4.42. The van der Waals surface area contributed by atoms with Crippen molar-refractivity contribution < 1.29 is 27.4 Å². The first kappa shape index (κ1) is 28.5. The lowest BCUT2D eigenvalue weighted by Gasteiger charge is -2.15. The van der Waals surface area contributed by atoms with Crippen molar-refractivity contribution in [1.29, 1.82) is 0 Å². The van der Waals surface area contributed by atoms with Gasteiger partial charge in [-0.3, -0.25) is 4.98 Å². The van der Waals surface area contributed by atoms with E-state index in [1.54, 1.807) is 29.2 Å². The number of alkyl halides is 3. The molecule has 224 valence electrons. The molecule has 3 heterocycles. The lowest BCUT2D eigenvalue weighted by molar-refractivity contribution is -0.137. The van der Waals surface area contributed by atoms with Crippen LogP contribution in [0, 0.1) is 0 Å². The average molecular weight is 602 g/mol. The highest BCUT2D eigenvalue weighted by Crippen LogP contribution is 2.41. The minimum Gasteiger partial charge on any atom is -0.493 e. The van der Waals surface area contributed by atoms with E-state index in [1.165, 1.54) is 33.5 Å². The number of rotatable bonds is 9. The Morgan fingerprint density at radius 1 is 0.795 bits per heavy atom. The number of aromatic nitrogens is 5. The maximum Gasteiger partial charge on any atom is 0.416 e. The zero-order valence-corrected chi connectivity index (χ0v) is 23.8. The van der Waals surface area contributed by atoms with Gasteiger partial charge in [0.05, 0.1) is 45.3 Å². The molecule has 0 spiro atoms. The second kappa shape index (κ2) is 11.6. The van der Waals surface area contributed by atoms with E-state index in [4.69, 9.17) is 24.2 Å². The highest BCUT2D eigenvalue weighted by molar-refractivity contribution is 5.88. The van der Waals surface area contributed by atoms with Crippen LogP contribution in [-0.4, -0.2) is 45.8 Å². The van der Waals surface area contributed by atoms with E-state index >= 15 is 0 Å². The van der Waals surface area contributed by atoms with Gasteiger partial charge in [-0.05, 0) is 42.0 Å². The zero-order chi connectivity index (χ0) is 30.8. The summed E-state index contributed by atoms with van der Waals surface area (Å²) in [5.74, 6) is 1.96. The third-order valence-electron chi connectivity index (χ3n) is 6.88. The zero-order valence-electron chi connectivity index (χ0n) is 23.8. The summed E-state index contributed by atoms with van der Waals surface area (Å²) in [4.78, 5) is 18.4. The van der Waals surface area contributed by atoms with Crippen LogP contribution < -0.4 is 24.8 Å². The van der Waals surface area contributed by atoms with Gasteiger partial charge in [-0.2, -0.15) is 23.1 Å². The average Bonchev–Trinajstić information content (AvgIpc) is 3.42. The lowest BCUT2D eigenvalue weighted by atomic mass is 10.1. The van der Waals surface area contributed by atoms with Crippen molar-refractivity contribution in [3.8, 4) is 17.2 Å². The van der Waals surface area contributed by atoms with Gasteiger partial charge >= 0.3 is 6.18 Å². The maximum atomic E-state index is 13.1. The van der Waals surface area contributed by atoms with E-state index in [0.717, 1.165) is 28.7 Å². The fourth-order valence-corrected chi connectivity index (χ4v) is 4.77. The van der Waals surface area contributed by atoms with Crippen LogP contribution in [0.4, 0.5) is 36.3 Å². The molecule has 2 N–H and O–H groups in total. The number of hydrogen-bond donors (Lipinski definition) is 2. The number of benzene rings is 3. The third kappa shape index (κ3) is 5.71. The maximum absolute atomic E-state index is 13.1. The molecule has 13 heteroatoms. The van der Waals surface area contributed by atoms with Gasteiger partial charge in [-0.15, -0.1) is 0 Å². The summed E-state index contributed by atoms with van der Waals surface area (Å²) in [6, 6.07) is 18.0. The first-order valence-corrected chi connectivity index (χ1v) is 13.3. The van der Waals surface area contributed by atoms with Crippen molar-refractivity contribution in [3.05, 3.63) is 90.4 Å². The highest BCUT2D eigenvalue weighted by Gasteiger charge is 2.30. The van der Waals surface area contributed by atoms with Crippen molar-refractivity contribution >= 4 is 45.2 Å². The highest BCUT2D eigenvalue weighted by atomic mass is 19.4. The quantitative estimate of drug-likeness (QED) is 0.182. The van der Waals surface area contributed by atoms with Gasteiger partial charge in [-0.1, -0.05) is 18.2 Å². The van der Waals surface area contributed by atoms with E-state index < -0.39 is 11.7 Å². The van der Waals surface area contributed by atoms with E-state index in [0.29, 0.717) is 45.5 Å². The largest absolute Gasteiger partial charge is 0.493 e. The number of nitrogens with one attached hydrogen (secondary N) is 2. The Balaban J connectivity index is 1.41. The predicted octanol–water partition coefficient (Wildman–Crippen LogP) is 6.95. The Hall–Kier alpha value is -5.59. The SMILES string of the molecule is COc1cc(Nc2nc(Nc3ccc4ncccc4c3)nc3c2ncn3Cc2ccc(C(F)(F)F)cc2)cc(OC)c1OC. The summed E-state index contributed by atoms with van der Waals surface area (Å²) in [5.41, 5.74) is 2.99. The molecule has 3 aromatic carbocycles. The Morgan fingerprint density at radius 2 is 1.55 bits per heavy atom. The van der Waals surface area contributed by atoms with Crippen molar-refractivity contribution in [2.24, 2.45) is 0 Å². The Kier molecular flexibility index (Phi) is 7.51. The minimum absolute atomic E-state index is 0.232. The number of ether oxygens (including phenoxy) is 3. The number of imidazole rings is 1. The molecule has 44 heavy (non-hydrogen) atoms. The molecule has 0 aliphatic heterocycles. The molecule has 0 aliphatic rings. The molecule has 0 radical (unpaired) electrons. The smallest absolute Gasteiger partial charge is 0.416 e. The lowest BCUT2D eigenvalue weighted by Crippen LogP contribution is -2.07. The van der Waals surface area contributed by atoms with Crippen LogP contribution in [0.2, 0.25) is 0 Å². The molecule has 6 aromatic rings. The van der Waals surface area contributed by atoms with Crippen molar-refractivity contribution in [1.82, 2.24) is 24.5 Å². The van der Waals surface area contributed by atoms with Crippen LogP contribution in [0.15, 0.2) is 79.3 Å². The van der Waals surface area contributed by atoms with Crippen molar-refractivity contribution in [2.45, 2.75) is 12.7 Å². The van der Waals surface area contributed by atoms with E-state index in [9.17, 15) is 13.2 Å². The first-order chi connectivity index (χ1) is 21.2. The standard InChI is InChI=1S/C31H26F3N7O3/c1-42-24-14-22(15-25(43-2)27(24)44-3)37-28-26-29(41(17-36-26)16-18-6-8-20(9-7-18)31(32,33)34)40-30(39-28)38-21-10-11-23-19(13-21)5-4-12-35-23/h4-15,17H,16H2,1-3H3,(H2,37,38,39,40). The van der Waals surface area contributed by atoms with Gasteiger partial charge in [0.1, 0.15) is 0 Å². The predicted molar refractivity (Wildman–Crippen MR) is 160 cm³/mol. The van der Waals surface area contributed by atoms with Crippen LogP contribution in [-0.2, 0) is 12.7 Å². The monoisotopic (exact) mass is 601 g/mol. The van der Waals surface area contributed by atoms with Gasteiger partial charge in [-0.25, -0.2) is 4.98 Å². The van der Waals surface area contributed by atoms with E-state index in [2.05, 4.69) is 20.6 Å². The number of methoxy groups -OCH3 is 3. The molecule has 0 unspecified atom stereocenters. The Bertz CT molecular complexity index is 1940. The molecule has 0 saturated carbocycles. The fourth-order valence-electron chi connectivity index (χ4n) is 4.77. The molecular formula is C31H26F3N7O3. The van der Waals surface area contributed by atoms with Gasteiger partial charge in [0, 0.05) is 35.1 Å². The van der Waals surface area contributed by atoms with E-state index in [-0.39, 0.29) is 12.5 Å². The second-order valence-electron chi connectivity index (χ2n) is 9.71. The number of fused-ring (bicyclic) bond motifs is 2.